The Morgan fingerprint density at radius 3 is 2.68 bits per heavy atom. The lowest BCUT2D eigenvalue weighted by Gasteiger charge is -2.13. The minimum absolute atomic E-state index is 0.0898. The minimum atomic E-state index is -0.998. The Labute approximate surface area is 202 Å². The second-order valence-electron chi connectivity index (χ2n) is 8.83. The van der Waals surface area contributed by atoms with Gasteiger partial charge in [0, 0.05) is 11.1 Å². The summed E-state index contributed by atoms with van der Waals surface area (Å²) in [4.78, 5) is 21.0. The van der Waals surface area contributed by atoms with Crippen LogP contribution >= 0.6 is 11.3 Å². The number of thiazole rings is 1. The number of aromatic carboxylic acids is 1. The van der Waals surface area contributed by atoms with Gasteiger partial charge in [0.15, 0.2) is 5.69 Å². The van der Waals surface area contributed by atoms with Crippen LogP contribution in [-0.2, 0) is 6.42 Å². The number of carboxylic acid groups (broad SMARTS) is 1. The van der Waals surface area contributed by atoms with E-state index in [0.29, 0.717) is 5.69 Å². The van der Waals surface area contributed by atoms with Gasteiger partial charge in [0.1, 0.15) is 0 Å². The maximum Gasteiger partial charge on any atom is 0.354 e. The third-order valence-corrected chi connectivity index (χ3v) is 7.10. The number of hydrogen-bond acceptors (Lipinski definition) is 6. The Kier molecular flexibility index (Phi) is 6.11. The van der Waals surface area contributed by atoms with Gasteiger partial charge in [0.2, 0.25) is 5.13 Å². The molecule has 0 unspecified atom stereocenters. The van der Waals surface area contributed by atoms with Gasteiger partial charge in [-0.1, -0.05) is 55.5 Å². The molecule has 0 atom stereocenters. The van der Waals surface area contributed by atoms with Gasteiger partial charge >= 0.3 is 5.97 Å². The van der Waals surface area contributed by atoms with Crippen molar-refractivity contribution >= 4 is 38.4 Å². The third kappa shape index (κ3) is 4.43. The van der Waals surface area contributed by atoms with E-state index in [2.05, 4.69) is 33.6 Å². The number of para-hydroxylation sites is 1. The van der Waals surface area contributed by atoms with Crippen LogP contribution in [0.3, 0.4) is 0 Å². The van der Waals surface area contributed by atoms with Crippen LogP contribution in [0.4, 0.5) is 5.13 Å². The first kappa shape index (κ1) is 22.2. The predicted octanol–water partition coefficient (Wildman–Crippen LogP) is 6.72. The van der Waals surface area contributed by atoms with Gasteiger partial charge in [0.25, 0.3) is 0 Å². The predicted molar refractivity (Wildman–Crippen MR) is 138 cm³/mol. The summed E-state index contributed by atoms with van der Waals surface area (Å²) in [5.74, 6) is -0.908. The number of fused-ring (bicyclic) bond motifs is 2. The van der Waals surface area contributed by atoms with Crippen molar-refractivity contribution in [1.82, 2.24) is 9.97 Å². The molecule has 2 N–H and O–H groups in total. The highest BCUT2D eigenvalue weighted by Crippen LogP contribution is 2.30. The van der Waals surface area contributed by atoms with E-state index < -0.39 is 5.97 Å². The number of carbonyl (C=O) groups is 1. The molecular weight excluding hydrogens is 444 g/mol. The van der Waals surface area contributed by atoms with Crippen molar-refractivity contribution in [3.8, 4) is 11.3 Å². The average molecular weight is 471 g/mol. The largest absolute Gasteiger partial charge is 0.477 e. The molecule has 0 saturated heterocycles. The fourth-order valence-corrected chi connectivity index (χ4v) is 5.19. The van der Waals surface area contributed by atoms with Crippen molar-refractivity contribution in [3.63, 3.8) is 0 Å². The van der Waals surface area contributed by atoms with Gasteiger partial charge in [-0.15, -0.1) is 0 Å². The van der Waals surface area contributed by atoms with Crippen LogP contribution < -0.4 is 5.43 Å². The van der Waals surface area contributed by atoms with Gasteiger partial charge in [-0.3, -0.25) is 5.43 Å². The monoisotopic (exact) mass is 470 g/mol. The number of anilines is 1. The maximum absolute atomic E-state index is 11.8. The second kappa shape index (κ2) is 9.35. The number of hydrogen-bond donors (Lipinski definition) is 2. The smallest absolute Gasteiger partial charge is 0.354 e. The van der Waals surface area contributed by atoms with Crippen molar-refractivity contribution in [1.29, 1.82) is 0 Å². The summed E-state index contributed by atoms with van der Waals surface area (Å²) in [6.07, 6.45) is 4.04. The number of aromatic nitrogens is 2. The van der Waals surface area contributed by atoms with E-state index in [-0.39, 0.29) is 11.6 Å². The molecule has 34 heavy (non-hydrogen) atoms. The lowest BCUT2D eigenvalue weighted by molar-refractivity contribution is 0.0689. The van der Waals surface area contributed by atoms with Crippen LogP contribution in [0.15, 0.2) is 59.7 Å². The number of aryl methyl sites for hydroxylation is 1. The molecule has 2 aromatic carbocycles. The molecule has 0 bridgehead atoms. The van der Waals surface area contributed by atoms with Crippen molar-refractivity contribution < 1.29 is 9.90 Å². The van der Waals surface area contributed by atoms with E-state index in [4.69, 9.17) is 5.10 Å². The number of carboxylic acids is 1. The molecule has 0 fully saturated rings. The van der Waals surface area contributed by atoms with Gasteiger partial charge in [-0.25, -0.2) is 14.8 Å². The summed E-state index contributed by atoms with van der Waals surface area (Å²) in [6.45, 7) is 3.96. The highest BCUT2D eigenvalue weighted by atomic mass is 32.1. The van der Waals surface area contributed by atoms with Gasteiger partial charge in [0.05, 0.1) is 21.6 Å². The molecule has 1 aliphatic rings. The number of pyridine rings is 1. The molecule has 0 saturated carbocycles. The molecule has 0 amide bonds. The summed E-state index contributed by atoms with van der Waals surface area (Å²) >= 11 is 1.59. The molecule has 0 radical (unpaired) electrons. The highest BCUT2D eigenvalue weighted by Gasteiger charge is 2.19. The van der Waals surface area contributed by atoms with Gasteiger partial charge in [-0.2, -0.15) is 5.10 Å². The fourth-order valence-electron chi connectivity index (χ4n) is 4.38. The number of nitrogens with zero attached hydrogens (tertiary/aromatic N) is 3. The molecule has 0 aliphatic heterocycles. The van der Waals surface area contributed by atoms with Crippen LogP contribution in [0.1, 0.15) is 66.2 Å². The number of rotatable bonds is 5. The Morgan fingerprint density at radius 1 is 1.06 bits per heavy atom. The Balaban J connectivity index is 1.51. The first-order valence-electron chi connectivity index (χ1n) is 11.6. The molecular formula is C27H26N4O2S. The van der Waals surface area contributed by atoms with Crippen molar-refractivity contribution in [2.24, 2.45) is 5.10 Å². The first-order chi connectivity index (χ1) is 16.5. The van der Waals surface area contributed by atoms with Crippen LogP contribution in [0.25, 0.3) is 21.5 Å². The maximum atomic E-state index is 11.8. The summed E-state index contributed by atoms with van der Waals surface area (Å²) in [5.41, 5.74) is 9.89. The second-order valence-corrected chi connectivity index (χ2v) is 9.86. The van der Waals surface area contributed by atoms with Gasteiger partial charge < -0.3 is 5.11 Å². The molecule has 2 aromatic heterocycles. The average Bonchev–Trinajstić information content (AvgIpc) is 3.15. The summed E-state index contributed by atoms with van der Waals surface area (Å²) < 4.78 is 1.12. The Hall–Kier alpha value is -3.58. The van der Waals surface area contributed by atoms with E-state index >= 15 is 0 Å². The zero-order valence-corrected chi connectivity index (χ0v) is 20.0. The van der Waals surface area contributed by atoms with Crippen molar-refractivity contribution in [2.45, 2.75) is 45.4 Å². The fraction of sp³-hybridized carbons (Fsp3) is 0.259. The SMILES string of the molecule is CC(C)c1ccc(-c2ccc3c(c2)/C(=N/Nc2nc4ccccc4s2)CCCC3)nc1C(=O)O. The van der Waals surface area contributed by atoms with Gasteiger partial charge in [-0.05, 0) is 67.0 Å². The summed E-state index contributed by atoms with van der Waals surface area (Å²) in [6, 6.07) is 18.1. The van der Waals surface area contributed by atoms with E-state index in [9.17, 15) is 9.90 Å². The number of nitrogens with one attached hydrogen (secondary N) is 1. The quantitative estimate of drug-likeness (QED) is 0.250. The molecule has 172 valence electrons. The topological polar surface area (TPSA) is 87.5 Å². The lowest BCUT2D eigenvalue weighted by atomic mass is 9.96. The van der Waals surface area contributed by atoms with Crippen LogP contribution in [0.5, 0.6) is 0 Å². The molecule has 5 rings (SSSR count). The molecule has 4 aromatic rings. The van der Waals surface area contributed by atoms with E-state index in [1.807, 2.05) is 50.2 Å². The van der Waals surface area contributed by atoms with Crippen LogP contribution in [-0.4, -0.2) is 26.8 Å². The zero-order chi connectivity index (χ0) is 23.7. The highest BCUT2D eigenvalue weighted by molar-refractivity contribution is 7.22. The van der Waals surface area contributed by atoms with E-state index in [1.54, 1.807) is 11.3 Å². The minimum Gasteiger partial charge on any atom is -0.477 e. The molecule has 7 heteroatoms. The van der Waals surface area contributed by atoms with Crippen LogP contribution in [0, 0.1) is 0 Å². The Bertz CT molecular complexity index is 1370. The van der Waals surface area contributed by atoms with Crippen LogP contribution in [0.2, 0.25) is 0 Å². The number of hydrazone groups is 1. The standard InChI is InChI=1S/C27H26N4O2S/c1-16(2)19-13-14-21(28-25(19)26(32)33)18-12-11-17-7-3-4-8-22(20(17)15-18)30-31-27-29-23-9-5-6-10-24(23)34-27/h5-6,9-16H,3-4,7-8H2,1-2H3,(H,29,31)(H,32,33)/b30-22+. The molecule has 0 spiro atoms. The zero-order valence-electron chi connectivity index (χ0n) is 19.2. The number of benzene rings is 2. The van der Waals surface area contributed by atoms with Crippen molar-refractivity contribution in [3.05, 3.63) is 77.0 Å². The summed E-state index contributed by atoms with van der Waals surface area (Å²) in [7, 11) is 0. The Morgan fingerprint density at radius 2 is 1.88 bits per heavy atom. The lowest BCUT2D eigenvalue weighted by Crippen LogP contribution is -2.09. The van der Waals surface area contributed by atoms with Crippen molar-refractivity contribution in [2.75, 3.05) is 5.43 Å². The normalized spacial score (nSPS) is 14.9. The molecule has 1 aliphatic carbocycles. The first-order valence-corrected chi connectivity index (χ1v) is 12.4. The molecule has 2 heterocycles. The van der Waals surface area contributed by atoms with E-state index in [0.717, 1.165) is 63.4 Å². The van der Waals surface area contributed by atoms with E-state index in [1.165, 1.54) is 5.56 Å². The summed E-state index contributed by atoms with van der Waals surface area (Å²) in [5, 5.41) is 15.2. The third-order valence-electron chi connectivity index (χ3n) is 6.16. The molecule has 6 nitrogen and oxygen atoms in total.